The molecule has 0 saturated heterocycles. The van der Waals surface area contributed by atoms with Crippen LogP contribution in [0.2, 0.25) is 5.15 Å². The van der Waals surface area contributed by atoms with Crippen LogP contribution in [0.5, 0.6) is 0 Å². The van der Waals surface area contributed by atoms with Crippen molar-refractivity contribution in [3.63, 3.8) is 0 Å². The van der Waals surface area contributed by atoms with Crippen molar-refractivity contribution in [2.24, 2.45) is 5.92 Å². The SMILES string of the molecule is CCc1nc(Cl)c([N+](=O)[O-])c(NC2CCCCC2C)n1. The third-order valence-corrected chi connectivity index (χ3v) is 4.08. The summed E-state index contributed by atoms with van der Waals surface area (Å²) < 4.78 is 0. The molecule has 1 fully saturated rings. The van der Waals surface area contributed by atoms with Gasteiger partial charge in [-0.15, -0.1) is 0 Å². The van der Waals surface area contributed by atoms with E-state index in [1.807, 2.05) is 6.92 Å². The number of nitrogens with zero attached hydrogens (tertiary/aromatic N) is 3. The Balaban J connectivity index is 2.33. The lowest BCUT2D eigenvalue weighted by Crippen LogP contribution is -2.31. The molecule has 0 amide bonds. The molecule has 0 radical (unpaired) electrons. The van der Waals surface area contributed by atoms with Crippen LogP contribution in [0.25, 0.3) is 0 Å². The van der Waals surface area contributed by atoms with Gasteiger partial charge in [-0.1, -0.05) is 38.3 Å². The van der Waals surface area contributed by atoms with Gasteiger partial charge in [0.2, 0.25) is 11.0 Å². The number of halogens is 1. The summed E-state index contributed by atoms with van der Waals surface area (Å²) in [6.45, 7) is 4.05. The summed E-state index contributed by atoms with van der Waals surface area (Å²) in [6, 6.07) is 0.207. The number of rotatable bonds is 4. The number of anilines is 1. The van der Waals surface area contributed by atoms with Crippen LogP contribution in [0, 0.1) is 16.0 Å². The molecule has 2 atom stereocenters. The molecule has 6 nitrogen and oxygen atoms in total. The Kier molecular flexibility index (Phi) is 4.75. The standard InChI is InChI=1S/C13H19ClN4O2/c1-3-10-16-12(14)11(18(19)20)13(17-10)15-9-7-5-4-6-8(9)2/h8-9H,3-7H2,1-2H3,(H,15,16,17). The van der Waals surface area contributed by atoms with Crippen LogP contribution in [0.1, 0.15) is 45.4 Å². The van der Waals surface area contributed by atoms with E-state index in [4.69, 9.17) is 11.6 Å². The van der Waals surface area contributed by atoms with Crippen molar-refractivity contribution in [3.05, 3.63) is 21.1 Å². The normalized spacial score (nSPS) is 22.6. The van der Waals surface area contributed by atoms with Gasteiger partial charge in [0.25, 0.3) is 0 Å². The van der Waals surface area contributed by atoms with Crippen molar-refractivity contribution in [1.82, 2.24) is 9.97 Å². The average Bonchev–Trinajstić information content (AvgIpc) is 2.40. The van der Waals surface area contributed by atoms with Crippen LogP contribution in [-0.4, -0.2) is 20.9 Å². The lowest BCUT2D eigenvalue weighted by Gasteiger charge is -2.29. The molecular weight excluding hydrogens is 280 g/mol. The molecule has 2 rings (SSSR count). The highest BCUT2D eigenvalue weighted by Gasteiger charge is 2.28. The lowest BCUT2D eigenvalue weighted by atomic mass is 9.86. The summed E-state index contributed by atoms with van der Waals surface area (Å²) in [6.07, 6.45) is 5.07. The van der Waals surface area contributed by atoms with E-state index in [0.717, 1.165) is 19.3 Å². The van der Waals surface area contributed by atoms with Gasteiger partial charge in [-0.25, -0.2) is 9.97 Å². The minimum atomic E-state index is -0.516. The number of aryl methyl sites for hydroxylation is 1. The van der Waals surface area contributed by atoms with Crippen molar-refractivity contribution in [2.45, 2.75) is 52.0 Å². The Bertz CT molecular complexity index is 509. The van der Waals surface area contributed by atoms with Crippen LogP contribution in [0.15, 0.2) is 0 Å². The second-order valence-corrected chi connectivity index (χ2v) is 5.61. The minimum Gasteiger partial charge on any atom is -0.361 e. The van der Waals surface area contributed by atoms with Crippen LogP contribution >= 0.6 is 11.6 Å². The zero-order chi connectivity index (χ0) is 14.7. The van der Waals surface area contributed by atoms with E-state index in [1.54, 1.807) is 0 Å². The number of hydrogen-bond acceptors (Lipinski definition) is 5. The van der Waals surface area contributed by atoms with Crippen LogP contribution in [0.3, 0.4) is 0 Å². The Labute approximate surface area is 123 Å². The summed E-state index contributed by atoms with van der Waals surface area (Å²) in [5.74, 6) is 1.25. The van der Waals surface area contributed by atoms with Gasteiger partial charge in [0.1, 0.15) is 5.82 Å². The molecule has 1 heterocycles. The van der Waals surface area contributed by atoms with Gasteiger partial charge in [-0.2, -0.15) is 0 Å². The first kappa shape index (κ1) is 15.0. The Hall–Kier alpha value is -1.43. The molecule has 110 valence electrons. The fourth-order valence-electron chi connectivity index (χ4n) is 2.60. The second kappa shape index (κ2) is 6.35. The second-order valence-electron chi connectivity index (χ2n) is 5.25. The Morgan fingerprint density at radius 3 is 2.70 bits per heavy atom. The van der Waals surface area contributed by atoms with Gasteiger partial charge >= 0.3 is 5.69 Å². The molecule has 1 aromatic rings. The number of nitro groups is 1. The quantitative estimate of drug-likeness (QED) is 0.522. The lowest BCUT2D eigenvalue weighted by molar-refractivity contribution is -0.384. The summed E-state index contributed by atoms with van der Waals surface area (Å²) in [5, 5.41) is 14.3. The molecule has 1 aliphatic rings. The van der Waals surface area contributed by atoms with Crippen LogP contribution in [0.4, 0.5) is 11.5 Å². The first-order valence-corrected chi connectivity index (χ1v) is 7.38. The van der Waals surface area contributed by atoms with E-state index < -0.39 is 4.92 Å². The van der Waals surface area contributed by atoms with Crippen LogP contribution in [-0.2, 0) is 6.42 Å². The van der Waals surface area contributed by atoms with Gasteiger partial charge in [0.15, 0.2) is 0 Å². The van der Waals surface area contributed by atoms with Crippen molar-refractivity contribution >= 4 is 23.1 Å². The molecule has 0 aliphatic heterocycles. The zero-order valence-electron chi connectivity index (χ0n) is 11.7. The smallest absolute Gasteiger partial charge is 0.348 e. The molecule has 7 heteroatoms. The molecular formula is C13H19ClN4O2. The average molecular weight is 299 g/mol. The summed E-state index contributed by atoms with van der Waals surface area (Å²) in [5.41, 5.74) is -0.221. The first-order chi connectivity index (χ1) is 9.52. The maximum Gasteiger partial charge on any atom is 0.348 e. The van der Waals surface area contributed by atoms with Crippen molar-refractivity contribution < 1.29 is 4.92 Å². The van der Waals surface area contributed by atoms with Crippen molar-refractivity contribution in [3.8, 4) is 0 Å². The summed E-state index contributed by atoms with van der Waals surface area (Å²) >= 11 is 5.93. The Morgan fingerprint density at radius 1 is 1.40 bits per heavy atom. The molecule has 0 bridgehead atoms. The predicted molar refractivity (Wildman–Crippen MR) is 78.1 cm³/mol. The first-order valence-electron chi connectivity index (χ1n) is 7.00. The summed E-state index contributed by atoms with van der Waals surface area (Å²) in [4.78, 5) is 18.9. The highest BCUT2D eigenvalue weighted by atomic mass is 35.5. The maximum atomic E-state index is 11.2. The zero-order valence-corrected chi connectivity index (χ0v) is 12.5. The van der Waals surface area contributed by atoms with Gasteiger partial charge in [0, 0.05) is 12.5 Å². The van der Waals surface area contributed by atoms with Gasteiger partial charge < -0.3 is 5.32 Å². The highest BCUT2D eigenvalue weighted by molar-refractivity contribution is 6.31. The third kappa shape index (κ3) is 3.17. The fraction of sp³-hybridized carbons (Fsp3) is 0.692. The third-order valence-electron chi connectivity index (χ3n) is 3.82. The largest absolute Gasteiger partial charge is 0.361 e. The topological polar surface area (TPSA) is 81.0 Å². The maximum absolute atomic E-state index is 11.2. The summed E-state index contributed by atoms with van der Waals surface area (Å²) in [7, 11) is 0. The molecule has 1 aliphatic carbocycles. The molecule has 0 aromatic carbocycles. The number of hydrogen-bond donors (Lipinski definition) is 1. The molecule has 1 saturated carbocycles. The minimum absolute atomic E-state index is 0.0900. The van der Waals surface area contributed by atoms with E-state index >= 15 is 0 Å². The highest BCUT2D eigenvalue weighted by Crippen LogP contribution is 2.33. The molecule has 1 N–H and O–H groups in total. The van der Waals surface area contributed by atoms with Gasteiger partial charge in [-0.05, 0) is 18.8 Å². The molecule has 0 spiro atoms. The molecule has 2 unspecified atom stereocenters. The monoisotopic (exact) mass is 298 g/mol. The van der Waals surface area contributed by atoms with E-state index in [2.05, 4.69) is 22.2 Å². The molecule has 20 heavy (non-hydrogen) atoms. The van der Waals surface area contributed by atoms with Gasteiger partial charge in [0.05, 0.1) is 4.92 Å². The molecule has 1 aromatic heterocycles. The van der Waals surface area contributed by atoms with Crippen molar-refractivity contribution in [2.75, 3.05) is 5.32 Å². The van der Waals surface area contributed by atoms with Crippen molar-refractivity contribution in [1.29, 1.82) is 0 Å². The van der Waals surface area contributed by atoms with E-state index in [-0.39, 0.29) is 22.7 Å². The predicted octanol–water partition coefficient (Wildman–Crippen LogP) is 3.59. The van der Waals surface area contributed by atoms with Gasteiger partial charge in [-0.3, -0.25) is 10.1 Å². The Morgan fingerprint density at radius 2 is 2.10 bits per heavy atom. The van der Waals surface area contributed by atoms with E-state index in [0.29, 0.717) is 18.2 Å². The van der Waals surface area contributed by atoms with E-state index in [1.165, 1.54) is 6.42 Å². The van der Waals surface area contributed by atoms with E-state index in [9.17, 15) is 10.1 Å². The fourth-order valence-corrected chi connectivity index (χ4v) is 2.85. The van der Waals surface area contributed by atoms with Crippen LogP contribution < -0.4 is 5.32 Å². The number of nitrogens with one attached hydrogen (secondary N) is 1. The number of aromatic nitrogens is 2.